The molecular weight excluding hydrogens is 613 g/mol. The molecule has 43 heavy (non-hydrogen) atoms. The Kier molecular flexibility index (Phi) is 12.1. The van der Waals surface area contributed by atoms with Crippen molar-refractivity contribution in [3.05, 3.63) is 82.3 Å². The van der Waals surface area contributed by atoms with Crippen molar-refractivity contribution in [2.45, 2.75) is 57.1 Å². The van der Waals surface area contributed by atoms with Crippen LogP contribution < -0.4 is 19.1 Å². The van der Waals surface area contributed by atoms with Crippen LogP contribution in [0.3, 0.4) is 0 Å². The first kappa shape index (κ1) is 34.0. The quantitative estimate of drug-likeness (QED) is 0.232. The van der Waals surface area contributed by atoms with Crippen molar-refractivity contribution in [2.75, 3.05) is 25.1 Å². The fourth-order valence-electron chi connectivity index (χ4n) is 4.42. The van der Waals surface area contributed by atoms with Gasteiger partial charge in [0, 0.05) is 28.7 Å². The predicted molar refractivity (Wildman–Crippen MR) is 170 cm³/mol. The summed E-state index contributed by atoms with van der Waals surface area (Å²) in [5.74, 6) is -0.407. The van der Waals surface area contributed by atoms with E-state index in [1.165, 1.54) is 37.3 Å². The van der Waals surface area contributed by atoms with Crippen molar-refractivity contribution in [1.29, 1.82) is 0 Å². The first-order chi connectivity index (χ1) is 20.5. The van der Waals surface area contributed by atoms with Crippen LogP contribution in [0.2, 0.25) is 10.0 Å². The standard InChI is InChI=1S/C31H37Cl2N3O6S/c1-6-21(3)34-31(38)27(7-2)35(19-22-13-14-23(32)17-26(22)33)30(37)20-36(43(39,40)25-11-9-8-10-12-25)28-18-24(41-4)15-16-29(28)42-5/h8-18,21,27H,6-7,19-20H2,1-5H3,(H,34,38)/t21-,27-/m1/s1. The maximum atomic E-state index is 14.3. The molecule has 0 saturated carbocycles. The number of benzene rings is 3. The maximum absolute atomic E-state index is 14.3. The van der Waals surface area contributed by atoms with Gasteiger partial charge in [-0.05, 0) is 61.7 Å². The van der Waals surface area contributed by atoms with Gasteiger partial charge in [-0.1, -0.05) is 61.3 Å². The zero-order chi connectivity index (χ0) is 31.7. The van der Waals surface area contributed by atoms with Crippen molar-refractivity contribution in [3.63, 3.8) is 0 Å². The van der Waals surface area contributed by atoms with Gasteiger partial charge in [0.05, 0.1) is 24.8 Å². The monoisotopic (exact) mass is 649 g/mol. The number of carbonyl (C=O) groups is 2. The first-order valence-corrected chi connectivity index (χ1v) is 16.0. The fraction of sp³-hybridized carbons (Fsp3) is 0.355. The van der Waals surface area contributed by atoms with Crippen molar-refractivity contribution >= 4 is 50.7 Å². The molecule has 3 aromatic carbocycles. The second-order valence-corrected chi connectivity index (χ2v) is 12.6. The van der Waals surface area contributed by atoms with Gasteiger partial charge in [0.1, 0.15) is 24.1 Å². The van der Waals surface area contributed by atoms with Crippen molar-refractivity contribution in [1.82, 2.24) is 10.2 Å². The molecule has 9 nitrogen and oxygen atoms in total. The molecule has 2 amide bonds. The lowest BCUT2D eigenvalue weighted by molar-refractivity contribution is -0.140. The molecule has 0 heterocycles. The Balaban J connectivity index is 2.16. The Morgan fingerprint density at radius 3 is 2.21 bits per heavy atom. The van der Waals surface area contributed by atoms with Crippen LogP contribution in [0.1, 0.15) is 39.2 Å². The average Bonchev–Trinajstić information content (AvgIpc) is 3.00. The average molecular weight is 651 g/mol. The molecule has 0 bridgehead atoms. The Bertz CT molecular complexity index is 1520. The van der Waals surface area contributed by atoms with Gasteiger partial charge in [-0.25, -0.2) is 8.42 Å². The van der Waals surface area contributed by atoms with Crippen LogP contribution >= 0.6 is 23.2 Å². The minimum absolute atomic E-state index is 0.0264. The highest BCUT2D eigenvalue weighted by atomic mass is 35.5. The molecule has 0 fully saturated rings. The van der Waals surface area contributed by atoms with Crippen molar-refractivity contribution < 1.29 is 27.5 Å². The van der Waals surface area contributed by atoms with E-state index in [1.807, 2.05) is 13.8 Å². The van der Waals surface area contributed by atoms with E-state index in [4.69, 9.17) is 32.7 Å². The summed E-state index contributed by atoms with van der Waals surface area (Å²) in [6, 6.07) is 16.3. The molecule has 0 aliphatic heterocycles. The van der Waals surface area contributed by atoms with Crippen LogP contribution in [0, 0.1) is 0 Å². The summed E-state index contributed by atoms with van der Waals surface area (Å²) in [7, 11) is -1.44. The van der Waals surface area contributed by atoms with Gasteiger partial charge in [-0.15, -0.1) is 0 Å². The molecule has 0 aliphatic rings. The molecule has 2 atom stereocenters. The van der Waals surface area contributed by atoms with E-state index >= 15 is 0 Å². The van der Waals surface area contributed by atoms with Crippen molar-refractivity contribution in [2.24, 2.45) is 0 Å². The number of amides is 2. The number of anilines is 1. The van der Waals surface area contributed by atoms with Gasteiger partial charge in [-0.3, -0.25) is 13.9 Å². The predicted octanol–water partition coefficient (Wildman–Crippen LogP) is 5.93. The largest absolute Gasteiger partial charge is 0.497 e. The van der Waals surface area contributed by atoms with Crippen LogP contribution in [-0.4, -0.2) is 58.0 Å². The third kappa shape index (κ3) is 8.34. The second kappa shape index (κ2) is 15.3. The molecule has 0 saturated heterocycles. The smallest absolute Gasteiger partial charge is 0.264 e. The van der Waals surface area contributed by atoms with Crippen LogP contribution in [0.4, 0.5) is 5.69 Å². The summed E-state index contributed by atoms with van der Waals surface area (Å²) >= 11 is 12.6. The van der Waals surface area contributed by atoms with E-state index in [2.05, 4.69) is 5.32 Å². The molecule has 0 unspecified atom stereocenters. The molecule has 0 radical (unpaired) electrons. The van der Waals surface area contributed by atoms with E-state index in [9.17, 15) is 18.0 Å². The maximum Gasteiger partial charge on any atom is 0.264 e. The first-order valence-electron chi connectivity index (χ1n) is 13.8. The fourth-order valence-corrected chi connectivity index (χ4v) is 6.32. The molecule has 0 spiro atoms. The van der Waals surface area contributed by atoms with Gasteiger partial charge in [0.25, 0.3) is 10.0 Å². The normalized spacial score (nSPS) is 12.6. The summed E-state index contributed by atoms with van der Waals surface area (Å²) in [4.78, 5) is 29.1. The number of carbonyl (C=O) groups excluding carboxylic acids is 2. The van der Waals surface area contributed by atoms with Crippen LogP contribution in [0.5, 0.6) is 11.5 Å². The number of rotatable bonds is 14. The number of hydrogen-bond donors (Lipinski definition) is 1. The summed E-state index contributed by atoms with van der Waals surface area (Å²) < 4.78 is 40.1. The minimum Gasteiger partial charge on any atom is -0.497 e. The minimum atomic E-state index is -4.30. The van der Waals surface area contributed by atoms with Crippen LogP contribution in [-0.2, 0) is 26.2 Å². The second-order valence-electron chi connectivity index (χ2n) is 9.86. The Morgan fingerprint density at radius 2 is 1.63 bits per heavy atom. The third-order valence-electron chi connectivity index (χ3n) is 7.01. The number of hydrogen-bond acceptors (Lipinski definition) is 6. The summed E-state index contributed by atoms with van der Waals surface area (Å²) in [5, 5.41) is 3.67. The van der Waals surface area contributed by atoms with Gasteiger partial charge in [0.15, 0.2) is 0 Å². The lowest BCUT2D eigenvalue weighted by Crippen LogP contribution is -2.53. The SMILES string of the molecule is CC[C@@H](C)NC(=O)[C@@H](CC)N(Cc1ccc(Cl)cc1Cl)C(=O)CN(c1cc(OC)ccc1OC)S(=O)(=O)c1ccccc1. The van der Waals surface area contributed by atoms with Crippen LogP contribution in [0.15, 0.2) is 71.6 Å². The highest BCUT2D eigenvalue weighted by Crippen LogP contribution is 2.36. The van der Waals surface area contributed by atoms with Crippen molar-refractivity contribution in [3.8, 4) is 11.5 Å². The topological polar surface area (TPSA) is 105 Å². The molecule has 1 N–H and O–H groups in total. The Morgan fingerprint density at radius 1 is 0.930 bits per heavy atom. The van der Waals surface area contributed by atoms with Gasteiger partial charge >= 0.3 is 0 Å². The summed E-state index contributed by atoms with van der Waals surface area (Å²) in [5.41, 5.74) is 0.645. The number of nitrogens with zero attached hydrogens (tertiary/aromatic N) is 2. The lowest BCUT2D eigenvalue weighted by atomic mass is 10.1. The molecule has 0 aromatic heterocycles. The van der Waals surface area contributed by atoms with Gasteiger partial charge in [0.2, 0.25) is 11.8 Å². The number of methoxy groups -OCH3 is 2. The van der Waals surface area contributed by atoms with E-state index in [-0.39, 0.29) is 41.2 Å². The summed E-state index contributed by atoms with van der Waals surface area (Å²) in [6.07, 6.45) is 0.963. The van der Waals surface area contributed by atoms with Gasteiger partial charge < -0.3 is 19.7 Å². The Labute approximate surface area is 263 Å². The van der Waals surface area contributed by atoms with Gasteiger partial charge in [-0.2, -0.15) is 0 Å². The van der Waals surface area contributed by atoms with E-state index in [0.29, 0.717) is 27.8 Å². The Hall–Kier alpha value is -3.47. The number of nitrogens with one attached hydrogen (secondary N) is 1. The lowest BCUT2D eigenvalue weighted by Gasteiger charge is -2.34. The number of sulfonamides is 1. The molecule has 0 aliphatic carbocycles. The molecular formula is C31H37Cl2N3O6S. The molecule has 12 heteroatoms. The number of halogens is 2. The number of ether oxygens (including phenoxy) is 2. The molecule has 3 rings (SSSR count). The van der Waals surface area contributed by atoms with E-state index < -0.39 is 28.5 Å². The van der Waals surface area contributed by atoms with E-state index in [1.54, 1.807) is 55.5 Å². The zero-order valence-corrected chi connectivity index (χ0v) is 27.2. The molecule has 232 valence electrons. The third-order valence-corrected chi connectivity index (χ3v) is 9.37. The van der Waals surface area contributed by atoms with E-state index in [0.717, 1.165) is 4.31 Å². The summed E-state index contributed by atoms with van der Waals surface area (Å²) in [6.45, 7) is 4.90. The highest BCUT2D eigenvalue weighted by molar-refractivity contribution is 7.92. The molecule has 3 aromatic rings. The highest BCUT2D eigenvalue weighted by Gasteiger charge is 2.35. The zero-order valence-electron chi connectivity index (χ0n) is 24.8. The van der Waals surface area contributed by atoms with Crippen LogP contribution in [0.25, 0.3) is 0 Å².